The minimum absolute atomic E-state index is 0.572. The molecule has 2 rings (SSSR count). The van der Waals surface area contributed by atoms with Crippen LogP contribution in [0.15, 0.2) is 12.4 Å². The van der Waals surface area contributed by atoms with Crippen molar-refractivity contribution in [1.82, 2.24) is 19.6 Å². The molecule has 0 aromatic carbocycles. The zero-order chi connectivity index (χ0) is 10.3. The van der Waals surface area contributed by atoms with Gasteiger partial charge < -0.3 is 5.73 Å². The molecule has 6 heteroatoms. The van der Waals surface area contributed by atoms with Crippen molar-refractivity contribution in [2.45, 2.75) is 6.92 Å². The number of halogens is 1. The van der Waals surface area contributed by atoms with Crippen molar-refractivity contribution in [2.24, 2.45) is 7.05 Å². The molecular weight excluding hydrogens is 202 g/mol. The smallest absolute Gasteiger partial charge is 0.175 e. The molecule has 0 bridgehead atoms. The molecule has 2 aromatic heterocycles. The average Bonchev–Trinajstić information content (AvgIpc) is 2.60. The molecule has 0 unspecified atom stereocenters. The lowest BCUT2D eigenvalue weighted by Gasteiger charge is -2.01. The van der Waals surface area contributed by atoms with Crippen molar-refractivity contribution in [3.63, 3.8) is 0 Å². The number of hydrogen-bond acceptors (Lipinski definition) is 3. The fourth-order valence-electron chi connectivity index (χ4n) is 1.35. The van der Waals surface area contributed by atoms with Gasteiger partial charge in [0.25, 0.3) is 0 Å². The summed E-state index contributed by atoms with van der Waals surface area (Å²) in [6.45, 7) is 1.85. The van der Waals surface area contributed by atoms with Crippen LogP contribution < -0.4 is 5.73 Å². The molecule has 5 nitrogen and oxygen atoms in total. The molecule has 2 N–H and O–H groups in total. The summed E-state index contributed by atoms with van der Waals surface area (Å²) in [5.41, 5.74) is 7.26. The van der Waals surface area contributed by atoms with Gasteiger partial charge in [0.05, 0.1) is 28.8 Å². The molecule has 74 valence electrons. The van der Waals surface area contributed by atoms with Crippen LogP contribution in [-0.4, -0.2) is 19.6 Å². The van der Waals surface area contributed by atoms with Crippen molar-refractivity contribution in [3.8, 4) is 5.82 Å². The number of nitrogen functional groups attached to an aromatic ring is 1. The van der Waals surface area contributed by atoms with Crippen LogP contribution in [0.2, 0.25) is 5.02 Å². The predicted octanol–water partition coefficient (Wildman–Crippen LogP) is 1.15. The van der Waals surface area contributed by atoms with Gasteiger partial charge in [-0.2, -0.15) is 10.2 Å². The molecule has 0 amide bonds. The van der Waals surface area contributed by atoms with Crippen molar-refractivity contribution in [3.05, 3.63) is 23.1 Å². The first kappa shape index (κ1) is 9.08. The van der Waals surface area contributed by atoms with Gasteiger partial charge in [0, 0.05) is 7.05 Å². The quantitative estimate of drug-likeness (QED) is 0.770. The topological polar surface area (TPSA) is 61.7 Å². The van der Waals surface area contributed by atoms with E-state index in [2.05, 4.69) is 10.2 Å². The van der Waals surface area contributed by atoms with Crippen LogP contribution in [0.1, 0.15) is 5.69 Å². The van der Waals surface area contributed by atoms with Crippen LogP contribution in [0, 0.1) is 6.92 Å². The van der Waals surface area contributed by atoms with Crippen molar-refractivity contribution in [2.75, 3.05) is 5.73 Å². The number of anilines is 1. The fourth-order valence-corrected chi connectivity index (χ4v) is 1.49. The zero-order valence-electron chi connectivity index (χ0n) is 7.90. The Balaban J connectivity index is 2.61. The van der Waals surface area contributed by atoms with E-state index in [-0.39, 0.29) is 0 Å². The molecule has 0 spiro atoms. The molecule has 0 aliphatic carbocycles. The number of nitrogens with two attached hydrogens (primary N) is 1. The Kier molecular flexibility index (Phi) is 1.96. The van der Waals surface area contributed by atoms with Gasteiger partial charge in [0.15, 0.2) is 5.82 Å². The molecule has 0 atom stereocenters. The summed E-state index contributed by atoms with van der Waals surface area (Å²) in [5.74, 6) is 0.731. The van der Waals surface area contributed by atoms with Crippen LogP contribution in [0.4, 0.5) is 5.69 Å². The SMILES string of the molecule is Cc1nn(C)c(-n2cc(Cl)cn2)c1N. The Morgan fingerprint density at radius 2 is 2.21 bits per heavy atom. The molecule has 0 saturated carbocycles. The fraction of sp³-hybridized carbons (Fsp3) is 0.250. The van der Waals surface area contributed by atoms with E-state index in [0.717, 1.165) is 11.5 Å². The van der Waals surface area contributed by atoms with Gasteiger partial charge in [-0.25, -0.2) is 9.36 Å². The number of nitrogens with zero attached hydrogens (tertiary/aromatic N) is 4. The lowest BCUT2D eigenvalue weighted by molar-refractivity contribution is 0.694. The highest BCUT2D eigenvalue weighted by atomic mass is 35.5. The van der Waals surface area contributed by atoms with E-state index in [1.807, 2.05) is 14.0 Å². The zero-order valence-corrected chi connectivity index (χ0v) is 8.65. The third kappa shape index (κ3) is 1.26. The van der Waals surface area contributed by atoms with Crippen LogP contribution >= 0.6 is 11.6 Å². The molecule has 0 radical (unpaired) electrons. The number of aryl methyl sites for hydroxylation is 2. The lowest BCUT2D eigenvalue weighted by Crippen LogP contribution is -2.05. The standard InChI is InChI=1S/C8H10ClN5/c1-5-7(10)8(13(2)12-5)14-4-6(9)3-11-14/h3-4H,10H2,1-2H3. The van der Waals surface area contributed by atoms with Gasteiger partial charge in [0.1, 0.15) is 0 Å². The van der Waals surface area contributed by atoms with Crippen LogP contribution in [0.25, 0.3) is 5.82 Å². The normalized spacial score (nSPS) is 10.8. The summed E-state index contributed by atoms with van der Waals surface area (Å²) in [6, 6.07) is 0. The minimum Gasteiger partial charge on any atom is -0.394 e. The highest BCUT2D eigenvalue weighted by Gasteiger charge is 2.12. The summed E-state index contributed by atoms with van der Waals surface area (Å²) < 4.78 is 3.28. The number of hydrogen-bond donors (Lipinski definition) is 1. The van der Waals surface area contributed by atoms with Crippen LogP contribution in [0.3, 0.4) is 0 Å². The second-order valence-corrected chi connectivity index (χ2v) is 3.49. The number of aromatic nitrogens is 4. The maximum atomic E-state index is 5.86. The Morgan fingerprint density at radius 1 is 1.50 bits per heavy atom. The third-order valence-electron chi connectivity index (χ3n) is 2.01. The van der Waals surface area contributed by atoms with E-state index >= 15 is 0 Å². The summed E-state index contributed by atoms with van der Waals surface area (Å²) in [6.07, 6.45) is 3.25. The maximum absolute atomic E-state index is 5.86. The van der Waals surface area contributed by atoms with Crippen molar-refractivity contribution < 1.29 is 0 Å². The predicted molar refractivity (Wildman–Crippen MR) is 54.5 cm³/mol. The van der Waals surface area contributed by atoms with Gasteiger partial charge >= 0.3 is 0 Å². The molecule has 2 aromatic rings. The molecule has 0 fully saturated rings. The van der Waals surface area contributed by atoms with Crippen LogP contribution in [0.5, 0.6) is 0 Å². The van der Waals surface area contributed by atoms with E-state index in [0.29, 0.717) is 10.7 Å². The van der Waals surface area contributed by atoms with E-state index in [1.54, 1.807) is 21.8 Å². The number of rotatable bonds is 1. The largest absolute Gasteiger partial charge is 0.394 e. The average molecular weight is 212 g/mol. The summed E-state index contributed by atoms with van der Waals surface area (Å²) >= 11 is 5.77. The maximum Gasteiger partial charge on any atom is 0.175 e. The van der Waals surface area contributed by atoms with Gasteiger partial charge in [-0.05, 0) is 6.92 Å². The lowest BCUT2D eigenvalue weighted by atomic mass is 10.4. The van der Waals surface area contributed by atoms with Gasteiger partial charge in [-0.15, -0.1) is 0 Å². The first-order valence-corrected chi connectivity index (χ1v) is 4.47. The van der Waals surface area contributed by atoms with E-state index in [4.69, 9.17) is 17.3 Å². The van der Waals surface area contributed by atoms with Crippen molar-refractivity contribution >= 4 is 17.3 Å². The Morgan fingerprint density at radius 3 is 2.64 bits per heavy atom. The Bertz CT molecular complexity index is 470. The summed E-state index contributed by atoms with van der Waals surface area (Å²) in [5, 5.41) is 8.82. The second-order valence-electron chi connectivity index (χ2n) is 3.05. The molecular formula is C8H10ClN5. The highest BCUT2D eigenvalue weighted by Crippen LogP contribution is 2.20. The van der Waals surface area contributed by atoms with E-state index < -0.39 is 0 Å². The molecule has 0 aliphatic heterocycles. The van der Waals surface area contributed by atoms with E-state index in [9.17, 15) is 0 Å². The van der Waals surface area contributed by atoms with Crippen molar-refractivity contribution in [1.29, 1.82) is 0 Å². The summed E-state index contributed by atoms with van der Waals surface area (Å²) in [4.78, 5) is 0. The van der Waals surface area contributed by atoms with Crippen LogP contribution in [-0.2, 0) is 7.05 Å². The van der Waals surface area contributed by atoms with Gasteiger partial charge in [0.2, 0.25) is 0 Å². The molecule has 14 heavy (non-hydrogen) atoms. The molecule has 0 aliphatic rings. The third-order valence-corrected chi connectivity index (χ3v) is 2.20. The van der Waals surface area contributed by atoms with Gasteiger partial charge in [-0.3, -0.25) is 0 Å². The first-order chi connectivity index (χ1) is 6.59. The molecule has 0 saturated heterocycles. The van der Waals surface area contributed by atoms with E-state index in [1.165, 1.54) is 0 Å². The first-order valence-electron chi connectivity index (χ1n) is 4.09. The second kappa shape index (κ2) is 3.02. The highest BCUT2D eigenvalue weighted by molar-refractivity contribution is 6.30. The summed E-state index contributed by atoms with van der Waals surface area (Å²) in [7, 11) is 1.81. The molecule has 2 heterocycles. The Hall–Kier alpha value is -1.49. The Labute approximate surface area is 86.1 Å². The monoisotopic (exact) mass is 211 g/mol. The minimum atomic E-state index is 0.572. The van der Waals surface area contributed by atoms with Gasteiger partial charge in [-0.1, -0.05) is 11.6 Å².